The summed E-state index contributed by atoms with van der Waals surface area (Å²) in [6, 6.07) is 7.43. The molecule has 1 saturated carbocycles. The molecule has 1 aromatic carbocycles. The second kappa shape index (κ2) is 5.85. The zero-order valence-electron chi connectivity index (χ0n) is 13.7. The smallest absolute Gasteiger partial charge is 0.296 e. The Kier molecular flexibility index (Phi) is 3.65. The summed E-state index contributed by atoms with van der Waals surface area (Å²) in [6.07, 6.45) is 6.08. The van der Waals surface area contributed by atoms with Gasteiger partial charge in [-0.25, -0.2) is 4.79 Å². The van der Waals surface area contributed by atoms with E-state index >= 15 is 0 Å². The Bertz CT molecular complexity index is 1040. The maximum atomic E-state index is 12.6. The van der Waals surface area contributed by atoms with Crippen molar-refractivity contribution in [2.24, 2.45) is 0 Å². The van der Waals surface area contributed by atoms with Crippen molar-refractivity contribution in [3.8, 4) is 6.07 Å². The average molecular weight is 335 g/mol. The minimum Gasteiger partial charge on any atom is -0.296 e. The summed E-state index contributed by atoms with van der Waals surface area (Å²) in [5.74, 6) is -0.286. The Labute approximate surface area is 143 Å². The number of nitrogens with zero attached hydrogens (tertiary/aromatic N) is 3. The summed E-state index contributed by atoms with van der Waals surface area (Å²) in [6.45, 7) is -0.335. The molecule has 126 valence electrons. The van der Waals surface area contributed by atoms with Crippen LogP contribution in [0.15, 0.2) is 34.0 Å². The molecule has 0 atom stereocenters. The zero-order valence-corrected chi connectivity index (χ0v) is 13.7. The molecule has 0 spiro atoms. The van der Waals surface area contributed by atoms with Gasteiger partial charge in [0.1, 0.15) is 11.6 Å². The summed E-state index contributed by atoms with van der Waals surface area (Å²) in [7, 11) is 0. The van der Waals surface area contributed by atoms with Crippen LogP contribution in [-0.2, 0) is 19.4 Å². The highest BCUT2D eigenvalue weighted by molar-refractivity contribution is 5.96. The third-order valence-electron chi connectivity index (χ3n) is 4.98. The fourth-order valence-electron chi connectivity index (χ4n) is 3.43. The number of carbonyl (C=O) groups excluding carboxylic acids is 1. The molecule has 1 heterocycles. The highest BCUT2D eigenvalue weighted by atomic mass is 16.2. The number of benzene rings is 1. The molecular formula is C19H17N3O3. The molecule has 6 nitrogen and oxygen atoms in total. The van der Waals surface area contributed by atoms with Crippen molar-refractivity contribution in [1.82, 2.24) is 9.13 Å². The van der Waals surface area contributed by atoms with Crippen molar-refractivity contribution in [2.45, 2.75) is 44.7 Å². The maximum absolute atomic E-state index is 12.6. The number of hydrogen-bond donors (Lipinski definition) is 0. The predicted octanol–water partition coefficient (Wildman–Crippen LogP) is 1.59. The van der Waals surface area contributed by atoms with Crippen molar-refractivity contribution < 1.29 is 4.79 Å². The second-order valence-corrected chi connectivity index (χ2v) is 6.73. The van der Waals surface area contributed by atoms with E-state index in [1.807, 2.05) is 18.2 Å². The average Bonchev–Trinajstić information content (AvgIpc) is 3.34. The molecule has 25 heavy (non-hydrogen) atoms. The van der Waals surface area contributed by atoms with Crippen molar-refractivity contribution >= 4 is 5.78 Å². The molecule has 2 aromatic rings. The molecule has 0 amide bonds. The number of ketones is 1. The summed E-state index contributed by atoms with van der Waals surface area (Å²) in [4.78, 5) is 37.5. The van der Waals surface area contributed by atoms with Crippen LogP contribution in [0, 0.1) is 11.3 Å². The van der Waals surface area contributed by atoms with Crippen molar-refractivity contribution in [2.75, 3.05) is 0 Å². The summed E-state index contributed by atoms with van der Waals surface area (Å²) in [5, 5.41) is 9.15. The molecule has 1 fully saturated rings. The van der Waals surface area contributed by atoms with Crippen molar-refractivity contribution in [3.05, 3.63) is 67.5 Å². The normalized spacial score (nSPS) is 15.6. The summed E-state index contributed by atoms with van der Waals surface area (Å²) >= 11 is 0. The molecule has 4 rings (SSSR count). The number of aromatic nitrogens is 2. The third kappa shape index (κ3) is 2.72. The van der Waals surface area contributed by atoms with E-state index in [0.29, 0.717) is 5.56 Å². The number of aryl methyl sites for hydroxylation is 2. The fourth-order valence-corrected chi connectivity index (χ4v) is 3.43. The number of carbonyl (C=O) groups is 1. The Balaban J connectivity index is 1.72. The molecule has 6 heteroatoms. The van der Waals surface area contributed by atoms with Crippen molar-refractivity contribution in [3.63, 3.8) is 0 Å². The van der Waals surface area contributed by atoms with Gasteiger partial charge >= 0.3 is 5.69 Å². The number of nitriles is 1. The van der Waals surface area contributed by atoms with Crippen LogP contribution in [0.5, 0.6) is 0 Å². The topological polar surface area (TPSA) is 84.9 Å². The standard InChI is InChI=1S/C19H17N3O3/c20-9-15-10-21(16-6-7-16)19(25)22(18(15)24)11-17(23)14-5-4-12-2-1-3-13(12)8-14/h4-5,8,10,16H,1-3,6-7,11H2. The largest absolute Gasteiger partial charge is 0.331 e. The van der Waals surface area contributed by atoms with E-state index in [1.165, 1.54) is 21.9 Å². The first kappa shape index (κ1) is 15.6. The molecule has 0 bridgehead atoms. The monoisotopic (exact) mass is 335 g/mol. The molecule has 0 aliphatic heterocycles. The lowest BCUT2D eigenvalue weighted by Gasteiger charge is -2.10. The van der Waals surface area contributed by atoms with Gasteiger partial charge in [-0.05, 0) is 49.3 Å². The second-order valence-electron chi connectivity index (χ2n) is 6.73. The number of rotatable bonds is 4. The first-order valence-electron chi connectivity index (χ1n) is 8.49. The van der Waals surface area contributed by atoms with Crippen LogP contribution in [0.25, 0.3) is 0 Å². The molecule has 0 radical (unpaired) electrons. The first-order chi connectivity index (χ1) is 12.1. The van der Waals surface area contributed by atoms with Gasteiger partial charge in [0, 0.05) is 17.8 Å². The fraction of sp³-hybridized carbons (Fsp3) is 0.368. The SMILES string of the molecule is N#Cc1cn(C2CC2)c(=O)n(CC(=O)c2ccc3c(c2)CCC3)c1=O. The van der Waals surface area contributed by atoms with Gasteiger partial charge in [-0.3, -0.25) is 18.7 Å². The quantitative estimate of drug-likeness (QED) is 0.794. The van der Waals surface area contributed by atoms with Crippen LogP contribution in [0.4, 0.5) is 0 Å². The molecule has 0 saturated heterocycles. The lowest BCUT2D eigenvalue weighted by atomic mass is 10.0. The summed E-state index contributed by atoms with van der Waals surface area (Å²) < 4.78 is 2.31. The van der Waals surface area contributed by atoms with E-state index < -0.39 is 11.2 Å². The van der Waals surface area contributed by atoms with Crippen LogP contribution in [0.1, 0.15) is 52.4 Å². The molecule has 2 aliphatic carbocycles. The minimum atomic E-state index is -0.695. The van der Waals surface area contributed by atoms with E-state index in [1.54, 1.807) is 6.07 Å². The Hall–Kier alpha value is -2.94. The van der Waals surface area contributed by atoms with Gasteiger partial charge in [-0.15, -0.1) is 0 Å². The number of fused-ring (bicyclic) bond motifs is 1. The van der Waals surface area contributed by atoms with Gasteiger partial charge in [0.05, 0.1) is 6.54 Å². The lowest BCUT2D eigenvalue weighted by molar-refractivity contribution is 0.0968. The Morgan fingerprint density at radius 1 is 1.20 bits per heavy atom. The van der Waals surface area contributed by atoms with Crippen LogP contribution >= 0.6 is 0 Å². The van der Waals surface area contributed by atoms with Gasteiger partial charge in [-0.1, -0.05) is 12.1 Å². The zero-order chi connectivity index (χ0) is 17.6. The van der Waals surface area contributed by atoms with Crippen LogP contribution in [-0.4, -0.2) is 14.9 Å². The van der Waals surface area contributed by atoms with E-state index in [9.17, 15) is 14.4 Å². The third-order valence-corrected chi connectivity index (χ3v) is 4.98. The lowest BCUT2D eigenvalue weighted by Crippen LogP contribution is -2.42. The first-order valence-corrected chi connectivity index (χ1v) is 8.49. The van der Waals surface area contributed by atoms with E-state index in [0.717, 1.165) is 36.7 Å². The molecule has 2 aliphatic rings. The van der Waals surface area contributed by atoms with Crippen LogP contribution in [0.2, 0.25) is 0 Å². The minimum absolute atomic E-state index is 0.0292. The van der Waals surface area contributed by atoms with Crippen LogP contribution in [0.3, 0.4) is 0 Å². The number of Topliss-reactive ketones (excluding diaryl/α,β-unsaturated/α-hetero) is 1. The Morgan fingerprint density at radius 3 is 2.68 bits per heavy atom. The highest BCUT2D eigenvalue weighted by Gasteiger charge is 2.27. The van der Waals surface area contributed by atoms with E-state index in [2.05, 4.69) is 0 Å². The molecular weight excluding hydrogens is 318 g/mol. The van der Waals surface area contributed by atoms with E-state index in [-0.39, 0.29) is 23.9 Å². The molecule has 0 N–H and O–H groups in total. The van der Waals surface area contributed by atoms with E-state index in [4.69, 9.17) is 5.26 Å². The van der Waals surface area contributed by atoms with Gasteiger partial charge in [0.25, 0.3) is 5.56 Å². The van der Waals surface area contributed by atoms with Gasteiger partial charge in [0.2, 0.25) is 0 Å². The van der Waals surface area contributed by atoms with Gasteiger partial charge in [0.15, 0.2) is 5.78 Å². The summed E-state index contributed by atoms with van der Waals surface area (Å²) in [5.41, 5.74) is 1.62. The number of hydrogen-bond acceptors (Lipinski definition) is 4. The van der Waals surface area contributed by atoms with Crippen LogP contribution < -0.4 is 11.2 Å². The van der Waals surface area contributed by atoms with Crippen molar-refractivity contribution in [1.29, 1.82) is 5.26 Å². The predicted molar refractivity (Wildman–Crippen MR) is 90.7 cm³/mol. The molecule has 1 aromatic heterocycles. The van der Waals surface area contributed by atoms with Gasteiger partial charge in [-0.2, -0.15) is 5.26 Å². The molecule has 0 unspecified atom stereocenters. The van der Waals surface area contributed by atoms with Gasteiger partial charge < -0.3 is 0 Å². The highest BCUT2D eigenvalue weighted by Crippen LogP contribution is 2.33. The maximum Gasteiger partial charge on any atom is 0.331 e. The Morgan fingerprint density at radius 2 is 1.96 bits per heavy atom.